The maximum absolute atomic E-state index is 13.5. The highest BCUT2D eigenvalue weighted by Gasteiger charge is 2.36. The van der Waals surface area contributed by atoms with Crippen molar-refractivity contribution in [3.05, 3.63) is 83.4 Å². The molecule has 26 nitrogen and oxygen atoms in total. The van der Waals surface area contributed by atoms with Gasteiger partial charge in [0.25, 0.3) is 0 Å². The highest BCUT2D eigenvalue weighted by atomic mass is 16.7. The molecule has 0 saturated carbocycles. The van der Waals surface area contributed by atoms with Gasteiger partial charge in [-0.15, -0.1) is 10.2 Å². The fourth-order valence-electron chi connectivity index (χ4n) is 6.35. The zero-order chi connectivity index (χ0) is 54.4. The first-order chi connectivity index (χ1) is 34.9. The third-order valence-electron chi connectivity index (χ3n) is 10.0. The molecule has 0 aliphatic carbocycles. The number of benzene rings is 2. The first kappa shape index (κ1) is 59.1. The Kier molecular flexibility index (Phi) is 22.4. The summed E-state index contributed by atoms with van der Waals surface area (Å²) < 4.78 is 41.0. The molecule has 74 heavy (non-hydrogen) atoms. The highest BCUT2D eigenvalue weighted by Crippen LogP contribution is 2.18. The van der Waals surface area contributed by atoms with E-state index in [1.165, 1.54) is 37.1 Å². The van der Waals surface area contributed by atoms with Crippen LogP contribution in [-0.2, 0) is 69.1 Å². The van der Waals surface area contributed by atoms with Crippen LogP contribution in [0, 0.1) is 0 Å². The van der Waals surface area contributed by atoms with Gasteiger partial charge in [-0.1, -0.05) is 60.7 Å². The molecule has 0 aliphatic rings. The number of hydrogen-bond donors (Lipinski definition) is 5. The number of carbonyl (C=O) groups is 6. The van der Waals surface area contributed by atoms with Crippen molar-refractivity contribution in [2.45, 2.75) is 143 Å². The summed E-state index contributed by atoms with van der Waals surface area (Å²) in [6, 6.07) is 17.1. The van der Waals surface area contributed by atoms with E-state index in [9.17, 15) is 28.8 Å². The molecule has 0 aliphatic heterocycles. The quantitative estimate of drug-likeness (QED) is 0.0314. The van der Waals surface area contributed by atoms with Gasteiger partial charge in [-0.2, -0.15) is 0 Å². The maximum atomic E-state index is 13.5. The van der Waals surface area contributed by atoms with E-state index in [0.29, 0.717) is 12.8 Å². The van der Waals surface area contributed by atoms with Gasteiger partial charge in [0.2, 0.25) is 11.8 Å². The van der Waals surface area contributed by atoms with Crippen molar-refractivity contribution in [1.29, 1.82) is 0 Å². The van der Waals surface area contributed by atoms with Crippen LogP contribution in [0.3, 0.4) is 0 Å². The van der Waals surface area contributed by atoms with Gasteiger partial charge in [0.1, 0.15) is 47.6 Å². The molecule has 5 N–H and O–H groups in total. The lowest BCUT2D eigenvalue weighted by Gasteiger charge is -2.29. The Hall–Kier alpha value is -7.48. The van der Waals surface area contributed by atoms with Crippen LogP contribution in [0.2, 0.25) is 0 Å². The summed E-state index contributed by atoms with van der Waals surface area (Å²) in [5.41, 5.74) is -2.58. The number of nitrogens with zero attached hydrogens (tertiary/aromatic N) is 8. The molecule has 406 valence electrons. The van der Waals surface area contributed by atoms with Gasteiger partial charge < -0.3 is 59.7 Å². The topological polar surface area (TPSA) is 314 Å². The number of alkyl carbamates (subject to hydrolysis) is 3. The first-order valence-electron chi connectivity index (χ1n) is 24.0. The van der Waals surface area contributed by atoms with Gasteiger partial charge in [0, 0.05) is 6.54 Å². The Labute approximate surface area is 429 Å². The van der Waals surface area contributed by atoms with E-state index in [1.807, 2.05) is 60.7 Å². The van der Waals surface area contributed by atoms with Crippen LogP contribution in [0.5, 0.6) is 0 Å². The zero-order valence-electron chi connectivity index (χ0n) is 43.8. The van der Waals surface area contributed by atoms with Gasteiger partial charge in [0.15, 0.2) is 11.6 Å². The van der Waals surface area contributed by atoms with Crippen LogP contribution >= 0.6 is 0 Å². The zero-order valence-corrected chi connectivity index (χ0v) is 43.8. The third-order valence-corrected chi connectivity index (χ3v) is 10.0. The molecule has 2 heterocycles. The summed E-state index contributed by atoms with van der Waals surface area (Å²) in [6.07, 6.45) is -2.38. The molecular weight excluding hydrogens is 967 g/mol. The Bertz CT molecular complexity index is 2240. The van der Waals surface area contributed by atoms with E-state index in [2.05, 4.69) is 57.6 Å². The number of amides is 5. The number of carbonyl (C=O) groups excluding carboxylic acids is 6. The molecule has 26 heteroatoms. The van der Waals surface area contributed by atoms with Crippen molar-refractivity contribution in [3.63, 3.8) is 0 Å². The predicted octanol–water partition coefficient (Wildman–Crippen LogP) is 4.37. The van der Waals surface area contributed by atoms with Crippen LogP contribution in [0.4, 0.5) is 19.2 Å². The maximum Gasteiger partial charge on any atom is 0.508 e. The summed E-state index contributed by atoms with van der Waals surface area (Å²) >= 11 is 0. The second-order valence-electron chi connectivity index (χ2n) is 19.8. The number of nitrogens with one attached hydrogen (secondary N) is 5. The fourth-order valence-corrected chi connectivity index (χ4v) is 6.35. The standard InChI is InChI=1S/C48H71N13O13/c1-45(2,3)73-42(65)52-47(7,8)39(62)50-35(31-68-29-33-19-13-11-14-20-33)37-54-56-58-60(37)24-27-70-41(64)49-23-17-18-26-71-44(67)72-28-25-61-38(55-57-59-61)36(32-69-30-34-21-15-12-16-22-34)51-40(63)48(9,10)53-43(66)74-46(4,5)6/h11-16,19-22,35-36H,17-18,23-32H2,1-10H3,(H,49,64)(H,50,62)(H,51,63)(H,52,65)(H,53,66)/t35-,36-/m1/s1. The van der Waals surface area contributed by atoms with Gasteiger partial charge >= 0.3 is 24.4 Å². The minimum atomic E-state index is -1.41. The highest BCUT2D eigenvalue weighted by molar-refractivity contribution is 5.90. The lowest BCUT2D eigenvalue weighted by atomic mass is 10.0. The minimum absolute atomic E-state index is 0.00341. The Morgan fingerprint density at radius 2 is 0.959 bits per heavy atom. The average molecular weight is 1040 g/mol. The number of ether oxygens (including phenoxy) is 7. The SMILES string of the molecule is CC(C)(C)OC(=O)NC(C)(C)C(=O)N[C@H](COCc1ccccc1)c1nnnn1CCOC(=O)NCCCCOC(=O)OCCn1nnnc1[C@@H](COCc1ccccc1)NC(=O)C(C)(C)NC(=O)OC(C)(C)C. The molecule has 4 rings (SSSR count). The van der Waals surface area contributed by atoms with E-state index >= 15 is 0 Å². The molecule has 0 spiro atoms. The van der Waals surface area contributed by atoms with Gasteiger partial charge in [0.05, 0.1) is 46.1 Å². The van der Waals surface area contributed by atoms with Crippen molar-refractivity contribution in [1.82, 2.24) is 67.0 Å². The van der Waals surface area contributed by atoms with E-state index < -0.39 is 70.6 Å². The average Bonchev–Trinajstić information content (AvgIpc) is 3.98. The summed E-state index contributed by atoms with van der Waals surface area (Å²) in [7, 11) is 0. The number of unbranched alkanes of at least 4 members (excludes halogenated alkanes) is 1. The minimum Gasteiger partial charge on any atom is -0.448 e. The van der Waals surface area contributed by atoms with Gasteiger partial charge in [-0.3, -0.25) is 9.59 Å². The smallest absolute Gasteiger partial charge is 0.448 e. The predicted molar refractivity (Wildman–Crippen MR) is 262 cm³/mol. The normalized spacial score (nSPS) is 12.6. The largest absolute Gasteiger partial charge is 0.508 e. The summed E-state index contributed by atoms with van der Waals surface area (Å²) in [6.45, 7) is 16.6. The molecule has 0 radical (unpaired) electrons. The van der Waals surface area contributed by atoms with Crippen molar-refractivity contribution >= 4 is 36.2 Å². The van der Waals surface area contributed by atoms with E-state index in [1.54, 1.807) is 41.5 Å². The lowest BCUT2D eigenvalue weighted by Crippen LogP contribution is -2.56. The van der Waals surface area contributed by atoms with E-state index in [0.717, 1.165) is 11.1 Å². The second kappa shape index (κ2) is 28.1. The molecule has 2 aromatic heterocycles. The monoisotopic (exact) mass is 1040 g/mol. The number of tetrazole rings is 2. The molecular formula is C48H71N13O13. The summed E-state index contributed by atoms with van der Waals surface area (Å²) in [4.78, 5) is 77.0. The fraction of sp³-hybridized carbons (Fsp3) is 0.583. The molecule has 0 fully saturated rings. The molecule has 2 atom stereocenters. The summed E-state index contributed by atoms with van der Waals surface area (Å²) in [5.74, 6) is -0.710. The van der Waals surface area contributed by atoms with Crippen LogP contribution in [0.25, 0.3) is 0 Å². The van der Waals surface area contributed by atoms with Crippen LogP contribution in [0.1, 0.15) is 117 Å². The Balaban J connectivity index is 1.20. The second-order valence-corrected chi connectivity index (χ2v) is 19.8. The molecule has 5 amide bonds. The Morgan fingerprint density at radius 3 is 1.39 bits per heavy atom. The van der Waals surface area contributed by atoms with Crippen LogP contribution in [0.15, 0.2) is 60.7 Å². The summed E-state index contributed by atoms with van der Waals surface area (Å²) in [5, 5.41) is 37.3. The van der Waals surface area contributed by atoms with Crippen molar-refractivity contribution < 1.29 is 61.9 Å². The van der Waals surface area contributed by atoms with Crippen LogP contribution in [-0.4, -0.2) is 139 Å². The van der Waals surface area contributed by atoms with Gasteiger partial charge in [-0.05, 0) is 114 Å². The van der Waals surface area contributed by atoms with Crippen LogP contribution < -0.4 is 26.6 Å². The van der Waals surface area contributed by atoms with Gasteiger partial charge in [-0.25, -0.2) is 28.5 Å². The third kappa shape index (κ3) is 21.7. The van der Waals surface area contributed by atoms with Crippen molar-refractivity contribution in [2.75, 3.05) is 39.6 Å². The number of hydrogen-bond acceptors (Lipinski definition) is 19. The number of aromatic nitrogens is 8. The molecule has 0 saturated heterocycles. The Morgan fingerprint density at radius 1 is 0.541 bits per heavy atom. The number of rotatable bonds is 27. The van der Waals surface area contributed by atoms with E-state index in [-0.39, 0.29) is 77.5 Å². The van der Waals surface area contributed by atoms with Crippen molar-refractivity contribution in [2.24, 2.45) is 0 Å². The molecule has 4 aromatic rings. The van der Waals surface area contributed by atoms with E-state index in [4.69, 9.17) is 33.2 Å². The molecule has 0 bridgehead atoms. The van der Waals surface area contributed by atoms with Crippen molar-refractivity contribution in [3.8, 4) is 0 Å². The first-order valence-corrected chi connectivity index (χ1v) is 24.0. The molecule has 2 aromatic carbocycles. The lowest BCUT2D eigenvalue weighted by molar-refractivity contribution is -0.128. The molecule has 0 unspecified atom stereocenters.